The molecular formula is C20H25NO3. The molecule has 1 amide bonds. The van der Waals surface area contributed by atoms with E-state index in [-0.39, 0.29) is 12.3 Å². The molecule has 4 heteroatoms. The molecule has 0 fully saturated rings. The van der Waals surface area contributed by atoms with Gasteiger partial charge in [0, 0.05) is 0 Å². The van der Waals surface area contributed by atoms with Crippen LogP contribution >= 0.6 is 0 Å². The van der Waals surface area contributed by atoms with E-state index in [2.05, 4.69) is 5.32 Å². The molecule has 0 aliphatic carbocycles. The number of carbonyl (C=O) groups is 1. The lowest BCUT2D eigenvalue weighted by atomic mass is 10.1. The van der Waals surface area contributed by atoms with Gasteiger partial charge in [-0.3, -0.25) is 4.79 Å². The van der Waals surface area contributed by atoms with Crippen LogP contribution in [-0.2, 0) is 4.79 Å². The Bertz CT molecular complexity index is 682. The van der Waals surface area contributed by atoms with Gasteiger partial charge < -0.3 is 14.8 Å². The summed E-state index contributed by atoms with van der Waals surface area (Å²) in [5.74, 6) is 1.44. The average Bonchev–Trinajstić information content (AvgIpc) is 2.58. The summed E-state index contributed by atoms with van der Waals surface area (Å²) in [7, 11) is 0. The van der Waals surface area contributed by atoms with E-state index in [1.807, 2.05) is 63.2 Å². The number of para-hydroxylation sites is 2. The molecule has 0 unspecified atom stereocenters. The fourth-order valence-corrected chi connectivity index (χ4v) is 2.25. The number of hydrogen-bond donors (Lipinski definition) is 1. The normalized spacial score (nSPS) is 10.3. The fraction of sp³-hybridized carbons (Fsp3) is 0.350. The summed E-state index contributed by atoms with van der Waals surface area (Å²) in [6.07, 6.45) is 1.21. The highest BCUT2D eigenvalue weighted by atomic mass is 16.5. The first-order chi connectivity index (χ1) is 11.6. The molecule has 0 heterocycles. The molecule has 0 saturated carbocycles. The van der Waals surface area contributed by atoms with Crippen molar-refractivity contribution in [3.8, 4) is 11.5 Å². The van der Waals surface area contributed by atoms with Gasteiger partial charge in [0.25, 0.3) is 0 Å². The van der Waals surface area contributed by atoms with Crippen molar-refractivity contribution in [1.29, 1.82) is 0 Å². The van der Waals surface area contributed by atoms with E-state index in [1.54, 1.807) is 0 Å². The average molecular weight is 327 g/mol. The van der Waals surface area contributed by atoms with E-state index in [1.165, 1.54) is 5.56 Å². The van der Waals surface area contributed by atoms with Gasteiger partial charge in [-0.15, -0.1) is 0 Å². The monoisotopic (exact) mass is 327 g/mol. The van der Waals surface area contributed by atoms with Crippen LogP contribution in [0.15, 0.2) is 42.5 Å². The molecule has 1 N–H and O–H groups in total. The third kappa shape index (κ3) is 5.01. The maximum absolute atomic E-state index is 12.1. The van der Waals surface area contributed by atoms with Gasteiger partial charge in [-0.25, -0.2) is 0 Å². The van der Waals surface area contributed by atoms with Crippen LogP contribution in [0, 0.1) is 13.8 Å². The number of rotatable bonds is 8. The van der Waals surface area contributed by atoms with Gasteiger partial charge in [0.15, 0.2) is 0 Å². The lowest BCUT2D eigenvalue weighted by molar-refractivity contribution is -0.116. The Hall–Kier alpha value is -2.49. The Balaban J connectivity index is 1.86. The zero-order valence-corrected chi connectivity index (χ0v) is 14.6. The molecule has 128 valence electrons. The number of hydrogen-bond acceptors (Lipinski definition) is 3. The molecule has 2 aromatic carbocycles. The van der Waals surface area contributed by atoms with Crippen molar-refractivity contribution >= 4 is 11.6 Å². The van der Waals surface area contributed by atoms with Crippen molar-refractivity contribution in [3.05, 3.63) is 53.6 Å². The molecule has 0 aromatic heterocycles. The predicted molar refractivity (Wildman–Crippen MR) is 96.9 cm³/mol. The fourth-order valence-electron chi connectivity index (χ4n) is 2.25. The molecule has 0 bridgehead atoms. The summed E-state index contributed by atoms with van der Waals surface area (Å²) < 4.78 is 11.4. The van der Waals surface area contributed by atoms with Gasteiger partial charge in [0.2, 0.25) is 5.91 Å². The Labute approximate surface area is 143 Å². The van der Waals surface area contributed by atoms with Crippen LogP contribution in [0.4, 0.5) is 5.69 Å². The van der Waals surface area contributed by atoms with Crippen molar-refractivity contribution < 1.29 is 14.3 Å². The van der Waals surface area contributed by atoms with E-state index in [0.29, 0.717) is 24.7 Å². The van der Waals surface area contributed by atoms with E-state index in [0.717, 1.165) is 17.7 Å². The molecule has 0 aliphatic heterocycles. The van der Waals surface area contributed by atoms with Crippen LogP contribution in [0.2, 0.25) is 0 Å². The van der Waals surface area contributed by atoms with Gasteiger partial charge >= 0.3 is 0 Å². The molecule has 2 aromatic rings. The van der Waals surface area contributed by atoms with Crippen molar-refractivity contribution in [1.82, 2.24) is 0 Å². The molecule has 0 aliphatic rings. The Morgan fingerprint density at radius 2 is 1.67 bits per heavy atom. The maximum Gasteiger partial charge on any atom is 0.227 e. The van der Waals surface area contributed by atoms with Crippen molar-refractivity contribution in [2.75, 3.05) is 18.5 Å². The van der Waals surface area contributed by atoms with Gasteiger partial charge in [0.1, 0.15) is 11.5 Å². The summed E-state index contributed by atoms with van der Waals surface area (Å²) in [5.41, 5.74) is 2.98. The Morgan fingerprint density at radius 1 is 0.958 bits per heavy atom. The van der Waals surface area contributed by atoms with E-state index < -0.39 is 0 Å². The molecule has 0 atom stereocenters. The van der Waals surface area contributed by atoms with E-state index >= 15 is 0 Å². The molecule has 4 nitrogen and oxygen atoms in total. The zero-order valence-electron chi connectivity index (χ0n) is 14.6. The first-order valence-electron chi connectivity index (χ1n) is 8.32. The topological polar surface area (TPSA) is 47.6 Å². The Morgan fingerprint density at radius 3 is 2.46 bits per heavy atom. The van der Waals surface area contributed by atoms with Crippen LogP contribution in [0.3, 0.4) is 0 Å². The van der Waals surface area contributed by atoms with Crippen LogP contribution in [0.5, 0.6) is 11.5 Å². The Kier molecular flexibility index (Phi) is 6.67. The second-order valence-corrected chi connectivity index (χ2v) is 5.69. The summed E-state index contributed by atoms with van der Waals surface area (Å²) in [6.45, 7) is 7.08. The van der Waals surface area contributed by atoms with Crippen LogP contribution < -0.4 is 14.8 Å². The van der Waals surface area contributed by atoms with Gasteiger partial charge in [0.05, 0.1) is 25.3 Å². The van der Waals surface area contributed by atoms with Gasteiger partial charge in [-0.1, -0.05) is 31.2 Å². The number of nitrogens with one attached hydrogen (secondary N) is 1. The first kappa shape index (κ1) is 17.9. The lowest BCUT2D eigenvalue weighted by Crippen LogP contribution is -2.16. The maximum atomic E-state index is 12.1. The minimum absolute atomic E-state index is 0.0899. The summed E-state index contributed by atoms with van der Waals surface area (Å²) in [4.78, 5) is 12.1. The van der Waals surface area contributed by atoms with Crippen molar-refractivity contribution in [3.63, 3.8) is 0 Å². The van der Waals surface area contributed by atoms with E-state index in [9.17, 15) is 4.79 Å². The van der Waals surface area contributed by atoms with Crippen LogP contribution in [-0.4, -0.2) is 19.1 Å². The number of amides is 1. The van der Waals surface area contributed by atoms with Crippen molar-refractivity contribution in [2.45, 2.75) is 33.6 Å². The number of anilines is 1. The molecule has 0 radical (unpaired) electrons. The SMILES string of the molecule is CCCOc1ccccc1NC(=O)CCOc1cccc(C)c1C. The van der Waals surface area contributed by atoms with Gasteiger partial charge in [-0.05, 0) is 49.6 Å². The first-order valence-corrected chi connectivity index (χ1v) is 8.32. The zero-order chi connectivity index (χ0) is 17.4. The molecule has 0 spiro atoms. The quantitative estimate of drug-likeness (QED) is 0.776. The molecule has 0 saturated heterocycles. The molecular weight excluding hydrogens is 302 g/mol. The number of aryl methyl sites for hydroxylation is 1. The standard InChI is InChI=1S/C20H25NO3/c1-4-13-23-19-10-6-5-9-17(19)21-20(22)12-14-24-18-11-7-8-15(2)16(18)3/h5-11H,4,12-14H2,1-3H3,(H,21,22). The number of ether oxygens (including phenoxy) is 2. The second-order valence-electron chi connectivity index (χ2n) is 5.69. The number of carbonyl (C=O) groups excluding carboxylic acids is 1. The van der Waals surface area contributed by atoms with Crippen LogP contribution in [0.1, 0.15) is 30.9 Å². The largest absolute Gasteiger partial charge is 0.493 e. The minimum atomic E-state index is -0.0899. The second kappa shape index (κ2) is 8.96. The minimum Gasteiger partial charge on any atom is -0.493 e. The molecule has 2 rings (SSSR count). The van der Waals surface area contributed by atoms with Gasteiger partial charge in [-0.2, -0.15) is 0 Å². The summed E-state index contributed by atoms with van der Waals surface area (Å²) in [5, 5.41) is 2.89. The summed E-state index contributed by atoms with van der Waals surface area (Å²) >= 11 is 0. The van der Waals surface area contributed by atoms with Crippen molar-refractivity contribution in [2.24, 2.45) is 0 Å². The third-order valence-electron chi connectivity index (χ3n) is 3.76. The predicted octanol–water partition coefficient (Wildman–Crippen LogP) is 4.50. The van der Waals surface area contributed by atoms with E-state index in [4.69, 9.17) is 9.47 Å². The highest BCUT2D eigenvalue weighted by Crippen LogP contribution is 2.24. The number of benzene rings is 2. The highest BCUT2D eigenvalue weighted by Gasteiger charge is 2.08. The lowest BCUT2D eigenvalue weighted by Gasteiger charge is -2.13. The summed E-state index contributed by atoms with van der Waals surface area (Å²) in [6, 6.07) is 13.4. The highest BCUT2D eigenvalue weighted by molar-refractivity contribution is 5.92. The van der Waals surface area contributed by atoms with Crippen LogP contribution in [0.25, 0.3) is 0 Å². The third-order valence-corrected chi connectivity index (χ3v) is 3.76. The smallest absolute Gasteiger partial charge is 0.227 e. The molecule has 24 heavy (non-hydrogen) atoms.